The van der Waals surface area contributed by atoms with Crippen molar-refractivity contribution in [3.8, 4) is 6.07 Å². The zero-order valence-corrected chi connectivity index (χ0v) is 15.7. The van der Waals surface area contributed by atoms with Crippen LogP contribution in [0.5, 0.6) is 0 Å². The van der Waals surface area contributed by atoms with Gasteiger partial charge in [-0.3, -0.25) is 20.4 Å². The molecule has 0 heterocycles. The number of hydrogen-bond donors (Lipinski definition) is 3. The Kier molecular flexibility index (Phi) is 9.34. The Morgan fingerprint density at radius 3 is 2.67 bits per heavy atom. The molecule has 2 aromatic rings. The average molecular weight is 391 g/mol. The minimum atomic E-state index is -0.563. The number of halogens is 2. The predicted molar refractivity (Wildman–Crippen MR) is 103 cm³/mol. The van der Waals surface area contributed by atoms with Crippen LogP contribution in [0.25, 0.3) is 0 Å². The Bertz CT molecular complexity index is 837. The van der Waals surface area contributed by atoms with Crippen molar-refractivity contribution in [1.29, 1.82) is 5.26 Å². The quantitative estimate of drug-likeness (QED) is 0.519. The van der Waals surface area contributed by atoms with Crippen molar-refractivity contribution < 1.29 is 14.0 Å². The standard InChI is InChI=1S/C11H13ClN2.C8H7FN2O2/c1-3-6-14-10-5-4-9(7-13)11(12)8(10)2;9-7-3-1-2-6(4-7)8(13)11-10-5-12/h4-5,14H,3,6H2,1-2H3;1-5H,(H,10,12)(H,11,13). The molecule has 0 aliphatic heterocycles. The van der Waals surface area contributed by atoms with E-state index in [-0.39, 0.29) is 5.56 Å². The van der Waals surface area contributed by atoms with E-state index in [1.807, 2.05) is 18.4 Å². The molecular weight excluding hydrogens is 371 g/mol. The van der Waals surface area contributed by atoms with Crippen LogP contribution in [0.2, 0.25) is 5.02 Å². The lowest BCUT2D eigenvalue weighted by atomic mass is 10.1. The molecule has 0 saturated carbocycles. The summed E-state index contributed by atoms with van der Waals surface area (Å²) in [5.74, 6) is -1.06. The monoisotopic (exact) mass is 390 g/mol. The lowest BCUT2D eigenvalue weighted by Crippen LogP contribution is -2.36. The van der Waals surface area contributed by atoms with E-state index in [9.17, 15) is 14.0 Å². The molecule has 2 amide bonds. The van der Waals surface area contributed by atoms with E-state index >= 15 is 0 Å². The van der Waals surface area contributed by atoms with E-state index in [1.165, 1.54) is 18.2 Å². The van der Waals surface area contributed by atoms with Crippen molar-refractivity contribution in [2.45, 2.75) is 20.3 Å². The van der Waals surface area contributed by atoms with Crippen molar-refractivity contribution >= 4 is 29.6 Å². The van der Waals surface area contributed by atoms with Gasteiger partial charge in [0.25, 0.3) is 5.91 Å². The van der Waals surface area contributed by atoms with Crippen LogP contribution in [0, 0.1) is 24.1 Å². The smallest absolute Gasteiger partial charge is 0.269 e. The second kappa shape index (κ2) is 11.5. The fourth-order valence-corrected chi connectivity index (χ4v) is 2.23. The van der Waals surface area contributed by atoms with Gasteiger partial charge in [-0.2, -0.15) is 5.26 Å². The third-order valence-corrected chi connectivity index (χ3v) is 3.89. The molecule has 0 unspecified atom stereocenters. The summed E-state index contributed by atoms with van der Waals surface area (Å²) in [6, 6.07) is 10.8. The van der Waals surface area contributed by atoms with Crippen LogP contribution in [0.4, 0.5) is 10.1 Å². The largest absolute Gasteiger partial charge is 0.385 e. The normalized spacial score (nSPS) is 9.30. The second-order valence-electron chi connectivity index (χ2n) is 5.36. The maximum atomic E-state index is 12.6. The molecule has 142 valence electrons. The Balaban J connectivity index is 0.000000271. The molecule has 0 aliphatic carbocycles. The van der Waals surface area contributed by atoms with E-state index in [0.717, 1.165) is 30.3 Å². The van der Waals surface area contributed by atoms with Crippen LogP contribution < -0.4 is 16.2 Å². The van der Waals surface area contributed by atoms with Crippen molar-refractivity contribution in [3.63, 3.8) is 0 Å². The van der Waals surface area contributed by atoms with Crippen LogP contribution in [-0.2, 0) is 4.79 Å². The third kappa shape index (κ3) is 6.96. The molecule has 8 heteroatoms. The minimum Gasteiger partial charge on any atom is -0.385 e. The first-order valence-corrected chi connectivity index (χ1v) is 8.50. The summed E-state index contributed by atoms with van der Waals surface area (Å²) in [6.07, 6.45) is 1.38. The summed E-state index contributed by atoms with van der Waals surface area (Å²) in [5, 5.41) is 12.6. The zero-order chi connectivity index (χ0) is 20.2. The van der Waals surface area contributed by atoms with Gasteiger partial charge in [0.2, 0.25) is 6.41 Å². The van der Waals surface area contributed by atoms with Gasteiger partial charge >= 0.3 is 0 Å². The second-order valence-corrected chi connectivity index (χ2v) is 5.74. The number of nitriles is 1. The fraction of sp³-hybridized carbons (Fsp3) is 0.211. The summed E-state index contributed by atoms with van der Waals surface area (Å²) in [5.41, 5.74) is 6.65. The SMILES string of the molecule is CCCNc1ccc(C#N)c(Cl)c1C.O=CNNC(=O)c1cccc(F)c1. The third-order valence-electron chi connectivity index (χ3n) is 3.40. The maximum absolute atomic E-state index is 12.6. The molecule has 0 aliphatic rings. The number of nitrogens with zero attached hydrogens (tertiary/aromatic N) is 1. The number of hydrazine groups is 1. The number of benzene rings is 2. The van der Waals surface area contributed by atoms with Crippen molar-refractivity contribution in [2.24, 2.45) is 0 Å². The first kappa shape index (κ1) is 21.9. The number of rotatable bonds is 6. The summed E-state index contributed by atoms with van der Waals surface area (Å²) >= 11 is 6.01. The molecular formula is C19H20ClFN4O2. The van der Waals surface area contributed by atoms with Gasteiger partial charge in [-0.15, -0.1) is 0 Å². The molecule has 0 bridgehead atoms. The molecule has 2 aromatic carbocycles. The molecule has 0 saturated heterocycles. The number of nitrogens with one attached hydrogen (secondary N) is 3. The van der Waals surface area contributed by atoms with E-state index < -0.39 is 11.7 Å². The molecule has 0 atom stereocenters. The summed E-state index contributed by atoms with van der Waals surface area (Å²) in [4.78, 5) is 20.9. The van der Waals surface area contributed by atoms with Crippen LogP contribution >= 0.6 is 11.6 Å². The molecule has 0 aromatic heterocycles. The van der Waals surface area contributed by atoms with Crippen molar-refractivity contribution in [2.75, 3.05) is 11.9 Å². The van der Waals surface area contributed by atoms with Gasteiger partial charge in [-0.1, -0.05) is 24.6 Å². The Morgan fingerprint density at radius 1 is 1.33 bits per heavy atom. The fourth-order valence-electron chi connectivity index (χ4n) is 2.02. The summed E-state index contributed by atoms with van der Waals surface area (Å²) < 4.78 is 12.6. The minimum absolute atomic E-state index is 0.148. The lowest BCUT2D eigenvalue weighted by Gasteiger charge is -2.10. The van der Waals surface area contributed by atoms with Crippen LogP contribution in [0.15, 0.2) is 36.4 Å². The van der Waals surface area contributed by atoms with Crippen molar-refractivity contribution in [3.05, 3.63) is 63.9 Å². The summed E-state index contributed by atoms with van der Waals surface area (Å²) in [7, 11) is 0. The molecule has 3 N–H and O–H groups in total. The number of carbonyl (C=O) groups is 2. The van der Waals surface area contributed by atoms with Crippen LogP contribution in [0.3, 0.4) is 0 Å². The maximum Gasteiger partial charge on any atom is 0.269 e. The van der Waals surface area contributed by atoms with Gasteiger partial charge in [-0.25, -0.2) is 4.39 Å². The first-order chi connectivity index (χ1) is 12.9. The number of carbonyl (C=O) groups excluding carboxylic acids is 2. The highest BCUT2D eigenvalue weighted by Gasteiger charge is 2.06. The van der Waals surface area contributed by atoms with Gasteiger partial charge in [0.15, 0.2) is 0 Å². The number of amides is 2. The Morgan fingerprint density at radius 2 is 2.07 bits per heavy atom. The van der Waals surface area contributed by atoms with E-state index in [1.54, 1.807) is 6.07 Å². The van der Waals surface area contributed by atoms with Crippen LogP contribution in [0.1, 0.15) is 34.8 Å². The van der Waals surface area contributed by atoms with Gasteiger partial charge in [0.05, 0.1) is 10.6 Å². The molecule has 0 spiro atoms. The molecule has 6 nitrogen and oxygen atoms in total. The van der Waals surface area contributed by atoms with Gasteiger partial charge < -0.3 is 5.32 Å². The highest BCUT2D eigenvalue weighted by molar-refractivity contribution is 6.32. The molecule has 2 rings (SSSR count). The summed E-state index contributed by atoms with van der Waals surface area (Å²) in [6.45, 7) is 4.94. The molecule has 0 radical (unpaired) electrons. The first-order valence-electron chi connectivity index (χ1n) is 8.12. The highest BCUT2D eigenvalue weighted by atomic mass is 35.5. The van der Waals surface area contributed by atoms with Crippen LogP contribution in [-0.4, -0.2) is 18.9 Å². The zero-order valence-electron chi connectivity index (χ0n) is 15.0. The van der Waals surface area contributed by atoms with E-state index in [0.29, 0.717) is 17.0 Å². The predicted octanol–water partition coefficient (Wildman–Crippen LogP) is 3.56. The molecule has 27 heavy (non-hydrogen) atoms. The number of anilines is 1. The van der Waals surface area contributed by atoms with Gasteiger partial charge in [-0.05, 0) is 49.2 Å². The van der Waals surface area contributed by atoms with Crippen molar-refractivity contribution in [1.82, 2.24) is 10.9 Å². The van der Waals surface area contributed by atoms with E-state index in [2.05, 4.69) is 23.7 Å². The Hall–Kier alpha value is -3.11. The average Bonchev–Trinajstić information content (AvgIpc) is 2.68. The van der Waals surface area contributed by atoms with E-state index in [4.69, 9.17) is 16.9 Å². The van der Waals surface area contributed by atoms with Gasteiger partial charge in [0, 0.05) is 17.8 Å². The van der Waals surface area contributed by atoms with Gasteiger partial charge in [0.1, 0.15) is 11.9 Å². The number of hydrogen-bond acceptors (Lipinski definition) is 4. The highest BCUT2D eigenvalue weighted by Crippen LogP contribution is 2.26. The molecule has 0 fully saturated rings. The Labute approximate surface area is 162 Å². The lowest BCUT2D eigenvalue weighted by molar-refractivity contribution is -0.110. The topological polar surface area (TPSA) is 94.0 Å².